The van der Waals surface area contributed by atoms with Gasteiger partial charge in [-0.25, -0.2) is 9.80 Å². The Morgan fingerprint density at radius 1 is 0.971 bits per heavy atom. The maximum absolute atomic E-state index is 13.1. The maximum atomic E-state index is 13.1. The van der Waals surface area contributed by atoms with E-state index in [9.17, 15) is 13.6 Å². The van der Waals surface area contributed by atoms with Crippen LogP contribution in [0.25, 0.3) is 11.3 Å². The predicted molar refractivity (Wildman–Crippen MR) is 128 cm³/mol. The molecule has 3 aromatic carbocycles. The molecule has 0 radical (unpaired) electrons. The molecule has 7 nitrogen and oxygen atoms in total. The van der Waals surface area contributed by atoms with Crippen molar-refractivity contribution < 1.29 is 27.8 Å². The summed E-state index contributed by atoms with van der Waals surface area (Å²) in [5.74, 6) is 1.24. The molecular weight excluding hydrogens is 480 g/mol. The molecule has 10 heteroatoms. The molecule has 5 rings (SSSR count). The first kappa shape index (κ1) is 22.8. The quantitative estimate of drug-likeness (QED) is 0.476. The molecule has 2 aliphatic heterocycles. The zero-order valence-corrected chi connectivity index (χ0v) is 19.0. The van der Waals surface area contributed by atoms with Crippen molar-refractivity contribution in [3.8, 4) is 17.2 Å². The number of halogens is 3. The van der Waals surface area contributed by atoms with E-state index in [1.165, 1.54) is 17.1 Å². The molecule has 0 aliphatic carbocycles. The van der Waals surface area contributed by atoms with Crippen LogP contribution in [-0.2, 0) is 0 Å². The van der Waals surface area contributed by atoms with Crippen LogP contribution < -0.4 is 25.0 Å². The normalized spacial score (nSPS) is 14.7. The minimum absolute atomic E-state index is 0.0450. The number of hydrazine groups is 1. The van der Waals surface area contributed by atoms with Gasteiger partial charge in [-0.05, 0) is 54.1 Å². The smallest absolute Gasteiger partial charge is 0.387 e. The predicted octanol–water partition coefficient (Wildman–Crippen LogP) is 5.63. The maximum Gasteiger partial charge on any atom is 0.387 e. The summed E-state index contributed by atoms with van der Waals surface area (Å²) in [6.45, 7) is -1.73. The molecule has 0 aromatic heterocycles. The lowest BCUT2D eigenvalue weighted by molar-refractivity contribution is -0.0498. The second kappa shape index (κ2) is 9.71. The molecule has 0 bridgehead atoms. The van der Waals surface area contributed by atoms with E-state index < -0.39 is 6.61 Å². The Bertz CT molecular complexity index is 1270. The topological polar surface area (TPSA) is 72.1 Å². The number of carbonyl (C=O) groups is 1. The van der Waals surface area contributed by atoms with Crippen molar-refractivity contribution in [2.75, 3.05) is 25.1 Å². The molecule has 3 aromatic rings. The summed E-state index contributed by atoms with van der Waals surface area (Å²) in [5.41, 5.74) is 6.74. The zero-order valence-electron chi connectivity index (χ0n) is 18.3. The van der Waals surface area contributed by atoms with E-state index in [-0.39, 0.29) is 18.3 Å². The van der Waals surface area contributed by atoms with Crippen molar-refractivity contribution in [1.82, 2.24) is 10.4 Å². The third-order valence-electron chi connectivity index (χ3n) is 5.46. The highest BCUT2D eigenvalue weighted by Gasteiger charge is 2.28. The van der Waals surface area contributed by atoms with E-state index in [0.717, 1.165) is 11.1 Å². The van der Waals surface area contributed by atoms with Gasteiger partial charge in [0.1, 0.15) is 19.0 Å². The molecular formula is C25H20ClF2N3O4. The van der Waals surface area contributed by atoms with Crippen LogP contribution >= 0.6 is 11.6 Å². The van der Waals surface area contributed by atoms with Crippen molar-refractivity contribution in [2.24, 2.45) is 0 Å². The minimum atomic E-state index is -2.91. The largest absolute Gasteiger partial charge is 0.486 e. The van der Waals surface area contributed by atoms with Crippen molar-refractivity contribution in [2.45, 2.75) is 6.61 Å². The molecule has 0 saturated carbocycles. The van der Waals surface area contributed by atoms with Gasteiger partial charge in [0, 0.05) is 27.9 Å². The summed E-state index contributed by atoms with van der Waals surface area (Å²) >= 11 is 6.05. The molecule has 2 heterocycles. The standard InChI is InChI=1S/C25H20ClF2N3O4/c26-17-5-1-15(2-6-17)20-14-31(30-23(20)16-3-8-19(9-4-16)35-24(27)28)25(32)29-18-7-10-21-22(13-18)34-12-11-33-21/h1-10,13,24,30H,11-12,14H2,(H,29,32). The summed E-state index contributed by atoms with van der Waals surface area (Å²) in [6.07, 6.45) is 0. The van der Waals surface area contributed by atoms with Gasteiger partial charge in [-0.15, -0.1) is 0 Å². The number of hydrogen-bond donors (Lipinski definition) is 2. The molecule has 0 unspecified atom stereocenters. The molecule has 0 spiro atoms. The fourth-order valence-corrected chi connectivity index (χ4v) is 3.97. The van der Waals surface area contributed by atoms with Gasteiger partial charge in [0.25, 0.3) is 0 Å². The Balaban J connectivity index is 1.38. The zero-order chi connectivity index (χ0) is 24.4. The molecule has 0 saturated heterocycles. The van der Waals surface area contributed by atoms with Crippen LogP contribution in [0.5, 0.6) is 17.2 Å². The van der Waals surface area contributed by atoms with Crippen molar-refractivity contribution >= 4 is 34.6 Å². The summed E-state index contributed by atoms with van der Waals surface area (Å²) in [6, 6.07) is 18.2. The number of fused-ring (bicyclic) bond motifs is 1. The number of rotatable bonds is 5. The first-order valence-corrected chi connectivity index (χ1v) is 11.1. The number of amides is 2. The van der Waals surface area contributed by atoms with Gasteiger partial charge in [0.15, 0.2) is 11.5 Å². The lowest BCUT2D eigenvalue weighted by atomic mass is 10.0. The van der Waals surface area contributed by atoms with Gasteiger partial charge < -0.3 is 19.5 Å². The van der Waals surface area contributed by atoms with Crippen molar-refractivity contribution in [1.29, 1.82) is 0 Å². The van der Waals surface area contributed by atoms with E-state index in [2.05, 4.69) is 15.5 Å². The Morgan fingerprint density at radius 3 is 2.37 bits per heavy atom. The number of alkyl halides is 2. The number of benzene rings is 3. The summed E-state index contributed by atoms with van der Waals surface area (Å²) < 4.78 is 40.6. The second-order valence-electron chi connectivity index (χ2n) is 7.75. The summed E-state index contributed by atoms with van der Waals surface area (Å²) in [7, 11) is 0. The van der Waals surface area contributed by atoms with Gasteiger partial charge >= 0.3 is 12.6 Å². The van der Waals surface area contributed by atoms with Gasteiger partial charge in [0.2, 0.25) is 0 Å². The number of anilines is 1. The fraction of sp³-hybridized carbons (Fsp3) is 0.160. The lowest BCUT2D eigenvalue weighted by Gasteiger charge is -2.21. The average Bonchev–Trinajstić information content (AvgIpc) is 3.30. The van der Waals surface area contributed by atoms with Crippen molar-refractivity contribution in [3.63, 3.8) is 0 Å². The minimum Gasteiger partial charge on any atom is -0.486 e. The number of hydrogen-bond acceptors (Lipinski definition) is 5. The average molecular weight is 500 g/mol. The molecule has 2 amide bonds. The Morgan fingerprint density at radius 2 is 1.66 bits per heavy atom. The Hall–Kier alpha value is -3.98. The van der Waals surface area contributed by atoms with Crippen molar-refractivity contribution in [3.05, 3.63) is 82.9 Å². The first-order chi connectivity index (χ1) is 17.0. The molecule has 35 heavy (non-hydrogen) atoms. The van der Waals surface area contributed by atoms with Crippen LogP contribution in [-0.4, -0.2) is 37.4 Å². The van der Waals surface area contributed by atoms with Crippen LogP contribution in [0.2, 0.25) is 5.02 Å². The highest BCUT2D eigenvalue weighted by Crippen LogP contribution is 2.34. The molecule has 2 aliphatic rings. The molecule has 0 fully saturated rings. The third-order valence-corrected chi connectivity index (χ3v) is 5.72. The van der Waals surface area contributed by atoms with Gasteiger partial charge in [-0.2, -0.15) is 8.78 Å². The van der Waals surface area contributed by atoms with Gasteiger partial charge in [0.05, 0.1) is 12.2 Å². The number of nitrogens with zero attached hydrogens (tertiary/aromatic N) is 1. The van der Waals surface area contributed by atoms with E-state index in [4.69, 9.17) is 21.1 Å². The Kier molecular flexibility index (Phi) is 6.33. The lowest BCUT2D eigenvalue weighted by Crippen LogP contribution is -2.40. The molecule has 0 atom stereocenters. The number of nitrogens with one attached hydrogen (secondary N) is 2. The van der Waals surface area contributed by atoms with Gasteiger partial charge in [-0.1, -0.05) is 23.7 Å². The Labute approximate surface area is 204 Å². The highest BCUT2D eigenvalue weighted by molar-refractivity contribution is 6.30. The van der Waals surface area contributed by atoms with Gasteiger partial charge in [-0.3, -0.25) is 5.43 Å². The number of ether oxygens (including phenoxy) is 3. The third kappa shape index (κ3) is 5.09. The monoisotopic (exact) mass is 499 g/mol. The molecule has 180 valence electrons. The van der Waals surface area contributed by atoms with Crippen LogP contribution in [0.15, 0.2) is 66.7 Å². The van der Waals surface area contributed by atoms with Crippen LogP contribution in [0, 0.1) is 0 Å². The molecule has 2 N–H and O–H groups in total. The number of urea groups is 1. The van der Waals surface area contributed by atoms with E-state index >= 15 is 0 Å². The SMILES string of the molecule is O=C(Nc1ccc2c(c1)OCCO2)N1CC(c2ccc(Cl)cc2)=C(c2ccc(OC(F)F)cc2)N1. The van der Waals surface area contributed by atoms with Crippen LogP contribution in [0.4, 0.5) is 19.3 Å². The van der Waals surface area contributed by atoms with Crippen LogP contribution in [0.1, 0.15) is 11.1 Å². The van der Waals surface area contributed by atoms with E-state index in [1.807, 2.05) is 12.1 Å². The fourth-order valence-electron chi connectivity index (χ4n) is 3.84. The van der Waals surface area contributed by atoms with Crippen LogP contribution in [0.3, 0.4) is 0 Å². The highest BCUT2D eigenvalue weighted by atomic mass is 35.5. The van der Waals surface area contributed by atoms with E-state index in [1.54, 1.807) is 42.5 Å². The number of carbonyl (C=O) groups excluding carboxylic acids is 1. The summed E-state index contributed by atoms with van der Waals surface area (Å²) in [5, 5.41) is 4.87. The van der Waals surface area contributed by atoms with E-state index in [0.29, 0.717) is 46.7 Å². The summed E-state index contributed by atoms with van der Waals surface area (Å²) in [4.78, 5) is 13.1. The first-order valence-electron chi connectivity index (χ1n) is 10.8. The second-order valence-corrected chi connectivity index (χ2v) is 8.19.